The van der Waals surface area contributed by atoms with Gasteiger partial charge in [0.1, 0.15) is 0 Å². The zero-order valence-corrected chi connectivity index (χ0v) is 11.6. The number of methoxy groups -OCH3 is 1. The normalized spacial score (nSPS) is 14.2. The Bertz CT molecular complexity index is 585. The summed E-state index contributed by atoms with van der Waals surface area (Å²) < 4.78 is 5.13. The maximum Gasteiger partial charge on any atom is 0.160 e. The van der Waals surface area contributed by atoms with E-state index in [1.54, 1.807) is 13.2 Å². The van der Waals surface area contributed by atoms with Crippen LogP contribution in [0.4, 0.5) is 0 Å². The van der Waals surface area contributed by atoms with Crippen molar-refractivity contribution in [1.29, 1.82) is 0 Å². The van der Waals surface area contributed by atoms with Gasteiger partial charge in [0.25, 0.3) is 0 Å². The summed E-state index contributed by atoms with van der Waals surface area (Å²) in [5, 5.41) is 13.2. The fourth-order valence-corrected chi connectivity index (χ4v) is 2.80. The van der Waals surface area contributed by atoms with Crippen molar-refractivity contribution in [1.82, 2.24) is 5.32 Å². The average Bonchev–Trinajstić information content (AvgIpc) is 2.89. The SMILES string of the molecule is COc1cc(CNC2Cc3ccccc3C2)ccc1O. The van der Waals surface area contributed by atoms with Gasteiger partial charge < -0.3 is 15.2 Å². The van der Waals surface area contributed by atoms with Gasteiger partial charge >= 0.3 is 0 Å². The second-order valence-corrected chi connectivity index (χ2v) is 5.26. The Morgan fingerprint density at radius 2 is 1.85 bits per heavy atom. The van der Waals surface area contributed by atoms with Crippen LogP contribution >= 0.6 is 0 Å². The standard InChI is InChI=1S/C17H19NO2/c1-20-17-8-12(6-7-16(17)19)11-18-15-9-13-4-2-3-5-14(13)10-15/h2-8,15,18-19H,9-11H2,1H3. The van der Waals surface area contributed by atoms with E-state index in [9.17, 15) is 5.11 Å². The highest BCUT2D eigenvalue weighted by atomic mass is 16.5. The van der Waals surface area contributed by atoms with Gasteiger partial charge in [0, 0.05) is 12.6 Å². The van der Waals surface area contributed by atoms with Crippen LogP contribution in [0.15, 0.2) is 42.5 Å². The number of ether oxygens (including phenoxy) is 1. The Balaban J connectivity index is 1.61. The molecule has 2 aromatic carbocycles. The molecule has 0 saturated carbocycles. The number of phenolic OH excluding ortho intramolecular Hbond substituents is 1. The first-order valence-electron chi connectivity index (χ1n) is 6.92. The molecule has 0 fully saturated rings. The molecule has 0 saturated heterocycles. The molecule has 0 bridgehead atoms. The smallest absolute Gasteiger partial charge is 0.160 e. The summed E-state index contributed by atoms with van der Waals surface area (Å²) in [5.41, 5.74) is 4.03. The first-order valence-corrected chi connectivity index (χ1v) is 6.92. The van der Waals surface area contributed by atoms with Crippen molar-refractivity contribution >= 4 is 0 Å². The van der Waals surface area contributed by atoms with E-state index in [-0.39, 0.29) is 5.75 Å². The van der Waals surface area contributed by atoms with Gasteiger partial charge in [-0.3, -0.25) is 0 Å². The predicted molar refractivity (Wildman–Crippen MR) is 79.1 cm³/mol. The lowest BCUT2D eigenvalue weighted by Gasteiger charge is -2.13. The van der Waals surface area contributed by atoms with Crippen LogP contribution in [0.5, 0.6) is 11.5 Å². The van der Waals surface area contributed by atoms with Crippen molar-refractivity contribution < 1.29 is 9.84 Å². The number of fused-ring (bicyclic) bond motifs is 1. The minimum absolute atomic E-state index is 0.185. The van der Waals surface area contributed by atoms with Crippen molar-refractivity contribution in [2.75, 3.05) is 7.11 Å². The molecule has 1 aliphatic rings. The Morgan fingerprint density at radius 1 is 1.15 bits per heavy atom. The van der Waals surface area contributed by atoms with Gasteiger partial charge in [-0.25, -0.2) is 0 Å². The molecule has 0 atom stereocenters. The fraction of sp³-hybridized carbons (Fsp3) is 0.294. The van der Waals surface area contributed by atoms with E-state index >= 15 is 0 Å². The third-order valence-electron chi connectivity index (χ3n) is 3.89. The summed E-state index contributed by atoms with van der Waals surface area (Å²) in [6, 6.07) is 14.6. The molecule has 0 amide bonds. The minimum atomic E-state index is 0.185. The highest BCUT2D eigenvalue weighted by Crippen LogP contribution is 2.27. The fourth-order valence-electron chi connectivity index (χ4n) is 2.80. The van der Waals surface area contributed by atoms with Gasteiger partial charge in [0.2, 0.25) is 0 Å². The van der Waals surface area contributed by atoms with Crippen molar-refractivity contribution in [3.8, 4) is 11.5 Å². The number of benzene rings is 2. The van der Waals surface area contributed by atoms with Crippen LogP contribution in [0, 0.1) is 0 Å². The van der Waals surface area contributed by atoms with Gasteiger partial charge in [0.05, 0.1) is 7.11 Å². The summed E-state index contributed by atoms with van der Waals surface area (Å²) in [4.78, 5) is 0. The highest BCUT2D eigenvalue weighted by molar-refractivity contribution is 5.41. The summed E-state index contributed by atoms with van der Waals surface area (Å²) in [5.74, 6) is 0.712. The molecule has 3 rings (SSSR count). The van der Waals surface area contributed by atoms with E-state index in [4.69, 9.17) is 4.74 Å². The lowest BCUT2D eigenvalue weighted by atomic mass is 10.1. The van der Waals surface area contributed by atoms with E-state index in [2.05, 4.69) is 29.6 Å². The lowest BCUT2D eigenvalue weighted by Crippen LogP contribution is -2.28. The largest absolute Gasteiger partial charge is 0.504 e. The zero-order chi connectivity index (χ0) is 13.9. The molecule has 104 valence electrons. The topological polar surface area (TPSA) is 41.5 Å². The molecule has 2 N–H and O–H groups in total. The van der Waals surface area contributed by atoms with E-state index in [0.717, 1.165) is 24.9 Å². The van der Waals surface area contributed by atoms with Crippen LogP contribution in [0.3, 0.4) is 0 Å². The quantitative estimate of drug-likeness (QED) is 0.896. The summed E-state index contributed by atoms with van der Waals surface area (Å²) in [6.45, 7) is 0.787. The van der Waals surface area contributed by atoms with Crippen LogP contribution in [0.1, 0.15) is 16.7 Å². The predicted octanol–water partition coefficient (Wildman–Crippen LogP) is 2.66. The molecule has 2 aromatic rings. The van der Waals surface area contributed by atoms with Crippen LogP contribution < -0.4 is 10.1 Å². The molecule has 0 aliphatic heterocycles. The van der Waals surface area contributed by atoms with Crippen LogP contribution in [0.2, 0.25) is 0 Å². The van der Waals surface area contributed by atoms with Gasteiger partial charge in [0.15, 0.2) is 11.5 Å². The van der Waals surface area contributed by atoms with E-state index in [1.807, 2.05) is 12.1 Å². The Morgan fingerprint density at radius 3 is 2.50 bits per heavy atom. The number of rotatable bonds is 4. The Hall–Kier alpha value is -2.00. The van der Waals surface area contributed by atoms with Crippen LogP contribution in [-0.4, -0.2) is 18.3 Å². The van der Waals surface area contributed by atoms with Crippen molar-refractivity contribution in [3.05, 3.63) is 59.2 Å². The minimum Gasteiger partial charge on any atom is -0.504 e. The summed E-state index contributed by atoms with van der Waals surface area (Å²) in [7, 11) is 1.57. The molecule has 0 aromatic heterocycles. The molecule has 3 nitrogen and oxygen atoms in total. The molecular formula is C17H19NO2. The first-order chi connectivity index (χ1) is 9.76. The van der Waals surface area contributed by atoms with Crippen molar-refractivity contribution in [3.63, 3.8) is 0 Å². The third-order valence-corrected chi connectivity index (χ3v) is 3.89. The number of hydrogen-bond donors (Lipinski definition) is 2. The molecule has 0 heterocycles. The maximum atomic E-state index is 9.59. The summed E-state index contributed by atoms with van der Waals surface area (Å²) in [6.07, 6.45) is 2.18. The third kappa shape index (κ3) is 2.63. The lowest BCUT2D eigenvalue weighted by molar-refractivity contribution is 0.372. The number of phenols is 1. The summed E-state index contributed by atoms with van der Waals surface area (Å²) >= 11 is 0. The van der Waals surface area contributed by atoms with Crippen molar-refractivity contribution in [2.45, 2.75) is 25.4 Å². The van der Waals surface area contributed by atoms with Gasteiger partial charge in [-0.2, -0.15) is 0 Å². The molecule has 1 aliphatic carbocycles. The molecule has 20 heavy (non-hydrogen) atoms. The Kier molecular flexibility index (Phi) is 3.61. The van der Waals surface area contributed by atoms with E-state index < -0.39 is 0 Å². The average molecular weight is 269 g/mol. The van der Waals surface area contributed by atoms with E-state index in [0.29, 0.717) is 11.8 Å². The molecular weight excluding hydrogens is 250 g/mol. The van der Waals surface area contributed by atoms with Gasteiger partial charge in [-0.05, 0) is 41.7 Å². The Labute approximate surface area is 119 Å². The first kappa shape index (κ1) is 13.0. The monoisotopic (exact) mass is 269 g/mol. The van der Waals surface area contributed by atoms with Gasteiger partial charge in [-0.1, -0.05) is 30.3 Å². The second-order valence-electron chi connectivity index (χ2n) is 5.26. The number of aromatic hydroxyl groups is 1. The maximum absolute atomic E-state index is 9.59. The molecule has 0 spiro atoms. The van der Waals surface area contributed by atoms with Gasteiger partial charge in [-0.15, -0.1) is 0 Å². The van der Waals surface area contributed by atoms with Crippen LogP contribution in [0.25, 0.3) is 0 Å². The van der Waals surface area contributed by atoms with E-state index in [1.165, 1.54) is 11.1 Å². The molecule has 3 heteroatoms. The highest BCUT2D eigenvalue weighted by Gasteiger charge is 2.20. The zero-order valence-electron chi connectivity index (χ0n) is 11.6. The second kappa shape index (κ2) is 5.55. The van der Waals surface area contributed by atoms with Crippen molar-refractivity contribution in [2.24, 2.45) is 0 Å². The molecule has 0 unspecified atom stereocenters. The van der Waals surface area contributed by atoms with Crippen LogP contribution in [-0.2, 0) is 19.4 Å². The number of hydrogen-bond acceptors (Lipinski definition) is 3. The number of nitrogens with one attached hydrogen (secondary N) is 1. The molecule has 0 radical (unpaired) electrons.